The lowest BCUT2D eigenvalue weighted by molar-refractivity contribution is 0.557. The number of nitrogens with two attached hydrogens (primary N) is 1. The topological polar surface area (TPSA) is 54.7 Å². The zero-order chi connectivity index (χ0) is 12.1. The van der Waals surface area contributed by atoms with Crippen LogP contribution >= 0.6 is 0 Å². The number of nitriles is 1. The number of rotatable bonds is 5. The summed E-state index contributed by atoms with van der Waals surface area (Å²) in [5.74, 6) is 0.662. The number of nitrogens with zero attached hydrogens (tertiary/aromatic N) is 2. The van der Waals surface area contributed by atoms with Crippen LogP contribution in [0.5, 0.6) is 0 Å². The Kier molecular flexibility index (Phi) is 4.42. The Labute approximate surface area is 97.9 Å². The van der Waals surface area contributed by atoms with Crippen molar-refractivity contribution in [1.82, 2.24) is 4.57 Å². The Morgan fingerprint density at radius 2 is 2.19 bits per heavy atom. The molecule has 1 rings (SSSR count). The zero-order valence-electron chi connectivity index (χ0n) is 10.5. The van der Waals surface area contributed by atoms with E-state index in [2.05, 4.69) is 31.4 Å². The maximum atomic E-state index is 9.03. The maximum Gasteiger partial charge on any atom is 0.122 e. The van der Waals surface area contributed by atoms with E-state index in [1.807, 2.05) is 0 Å². The van der Waals surface area contributed by atoms with Crippen LogP contribution in [0.25, 0.3) is 0 Å². The highest BCUT2D eigenvalue weighted by atomic mass is 15.0. The molecule has 0 spiro atoms. The number of aromatic nitrogens is 1. The molecule has 0 saturated heterocycles. The summed E-state index contributed by atoms with van der Waals surface area (Å²) < 4.78 is 2.07. The molecule has 0 bridgehead atoms. The normalized spacial score (nSPS) is 10.7. The molecular weight excluding hydrogens is 198 g/mol. The molecule has 0 amide bonds. The summed E-state index contributed by atoms with van der Waals surface area (Å²) in [4.78, 5) is 0. The Morgan fingerprint density at radius 1 is 1.50 bits per heavy atom. The van der Waals surface area contributed by atoms with Gasteiger partial charge in [-0.2, -0.15) is 5.26 Å². The highest BCUT2D eigenvalue weighted by molar-refractivity contribution is 5.50. The summed E-state index contributed by atoms with van der Waals surface area (Å²) in [6, 6.07) is 4.01. The molecule has 0 saturated carbocycles. The minimum absolute atomic E-state index is 0.662. The van der Waals surface area contributed by atoms with Gasteiger partial charge in [0.25, 0.3) is 0 Å². The highest BCUT2D eigenvalue weighted by Crippen LogP contribution is 2.21. The van der Waals surface area contributed by atoms with Gasteiger partial charge in [-0.25, -0.2) is 0 Å². The molecule has 0 fully saturated rings. The van der Waals surface area contributed by atoms with Crippen LogP contribution < -0.4 is 5.73 Å². The summed E-state index contributed by atoms with van der Waals surface area (Å²) in [7, 11) is 0. The van der Waals surface area contributed by atoms with Gasteiger partial charge in [0.15, 0.2) is 0 Å². The van der Waals surface area contributed by atoms with Crippen molar-refractivity contribution in [3.8, 4) is 6.07 Å². The number of anilines is 1. The summed E-state index contributed by atoms with van der Waals surface area (Å²) in [6.45, 7) is 7.40. The SMILES string of the molecule is CCCn1c(C#N)cc(N)c1CCC(C)C. The van der Waals surface area contributed by atoms with Crippen molar-refractivity contribution in [1.29, 1.82) is 5.26 Å². The molecule has 2 N–H and O–H groups in total. The molecule has 0 aromatic carbocycles. The number of hydrogen-bond donors (Lipinski definition) is 1. The maximum absolute atomic E-state index is 9.03. The van der Waals surface area contributed by atoms with Crippen LogP contribution in [-0.4, -0.2) is 4.57 Å². The van der Waals surface area contributed by atoms with Crippen LogP contribution in [0.15, 0.2) is 6.07 Å². The summed E-state index contributed by atoms with van der Waals surface area (Å²) in [5.41, 5.74) is 8.56. The van der Waals surface area contributed by atoms with E-state index in [-0.39, 0.29) is 0 Å². The first-order valence-electron chi connectivity index (χ1n) is 5.98. The zero-order valence-corrected chi connectivity index (χ0v) is 10.5. The molecule has 1 aromatic rings. The summed E-state index contributed by atoms with van der Waals surface area (Å²) >= 11 is 0. The first-order chi connectivity index (χ1) is 7.60. The molecule has 3 nitrogen and oxygen atoms in total. The molecule has 0 atom stereocenters. The second-order valence-electron chi connectivity index (χ2n) is 4.63. The molecule has 1 aromatic heterocycles. The van der Waals surface area contributed by atoms with E-state index in [0.29, 0.717) is 11.6 Å². The van der Waals surface area contributed by atoms with Gasteiger partial charge in [-0.1, -0.05) is 20.8 Å². The van der Waals surface area contributed by atoms with E-state index in [1.165, 1.54) is 0 Å². The van der Waals surface area contributed by atoms with Crippen LogP contribution in [0.1, 0.15) is 45.0 Å². The van der Waals surface area contributed by atoms with Gasteiger partial charge >= 0.3 is 0 Å². The fourth-order valence-corrected chi connectivity index (χ4v) is 1.89. The van der Waals surface area contributed by atoms with Crippen molar-refractivity contribution in [3.63, 3.8) is 0 Å². The van der Waals surface area contributed by atoms with Crippen molar-refractivity contribution in [2.24, 2.45) is 5.92 Å². The van der Waals surface area contributed by atoms with Crippen molar-refractivity contribution >= 4 is 5.69 Å². The standard InChI is InChI=1S/C13H21N3/c1-4-7-16-11(9-14)8-12(15)13(16)6-5-10(2)3/h8,10H,4-7,15H2,1-3H3. The van der Waals surface area contributed by atoms with Gasteiger partial charge in [0.1, 0.15) is 11.8 Å². The molecule has 0 unspecified atom stereocenters. The van der Waals surface area contributed by atoms with Crippen LogP contribution in [-0.2, 0) is 13.0 Å². The van der Waals surface area contributed by atoms with Crippen LogP contribution in [0, 0.1) is 17.2 Å². The molecule has 0 aliphatic heterocycles. The monoisotopic (exact) mass is 219 g/mol. The third-order valence-corrected chi connectivity index (χ3v) is 2.76. The third-order valence-electron chi connectivity index (χ3n) is 2.76. The Morgan fingerprint density at radius 3 is 2.69 bits per heavy atom. The number of nitrogen functional groups attached to an aromatic ring is 1. The molecule has 1 heterocycles. The largest absolute Gasteiger partial charge is 0.397 e. The van der Waals surface area contributed by atoms with Gasteiger partial charge in [0.05, 0.1) is 5.69 Å². The quantitative estimate of drug-likeness (QED) is 0.827. The van der Waals surface area contributed by atoms with Crippen molar-refractivity contribution < 1.29 is 0 Å². The van der Waals surface area contributed by atoms with E-state index in [0.717, 1.165) is 37.2 Å². The first-order valence-corrected chi connectivity index (χ1v) is 5.98. The molecule has 0 radical (unpaired) electrons. The van der Waals surface area contributed by atoms with Gasteiger partial charge in [-0.3, -0.25) is 0 Å². The average Bonchev–Trinajstić information content (AvgIpc) is 2.53. The molecule has 0 aliphatic carbocycles. The van der Waals surface area contributed by atoms with Crippen LogP contribution in [0.4, 0.5) is 5.69 Å². The van der Waals surface area contributed by atoms with Gasteiger partial charge < -0.3 is 10.3 Å². The van der Waals surface area contributed by atoms with Crippen LogP contribution in [0.3, 0.4) is 0 Å². The van der Waals surface area contributed by atoms with E-state index < -0.39 is 0 Å². The predicted octanol–water partition coefficient (Wildman–Crippen LogP) is 2.94. The van der Waals surface area contributed by atoms with E-state index in [9.17, 15) is 0 Å². The second kappa shape index (κ2) is 5.60. The second-order valence-corrected chi connectivity index (χ2v) is 4.63. The van der Waals surface area contributed by atoms with Crippen molar-refractivity contribution in [3.05, 3.63) is 17.5 Å². The molecule has 88 valence electrons. The fourth-order valence-electron chi connectivity index (χ4n) is 1.89. The highest BCUT2D eigenvalue weighted by Gasteiger charge is 2.12. The fraction of sp³-hybridized carbons (Fsp3) is 0.615. The molecule has 16 heavy (non-hydrogen) atoms. The first kappa shape index (κ1) is 12.6. The smallest absolute Gasteiger partial charge is 0.122 e. The lowest BCUT2D eigenvalue weighted by Crippen LogP contribution is -2.07. The van der Waals surface area contributed by atoms with E-state index >= 15 is 0 Å². The van der Waals surface area contributed by atoms with Crippen LogP contribution in [0.2, 0.25) is 0 Å². The van der Waals surface area contributed by atoms with Gasteiger partial charge in [-0.05, 0) is 31.2 Å². The Balaban J connectivity index is 2.96. The van der Waals surface area contributed by atoms with E-state index in [1.54, 1.807) is 6.07 Å². The van der Waals surface area contributed by atoms with Gasteiger partial charge in [0.2, 0.25) is 0 Å². The third kappa shape index (κ3) is 2.79. The van der Waals surface area contributed by atoms with Crippen molar-refractivity contribution in [2.45, 2.75) is 46.6 Å². The van der Waals surface area contributed by atoms with Gasteiger partial charge in [-0.15, -0.1) is 0 Å². The predicted molar refractivity (Wildman–Crippen MR) is 67.0 cm³/mol. The minimum Gasteiger partial charge on any atom is -0.397 e. The molecular formula is C13H21N3. The van der Waals surface area contributed by atoms with E-state index in [4.69, 9.17) is 11.0 Å². The molecule has 3 heteroatoms. The molecule has 0 aliphatic rings. The average molecular weight is 219 g/mol. The van der Waals surface area contributed by atoms with Gasteiger partial charge in [0, 0.05) is 12.2 Å². The summed E-state index contributed by atoms with van der Waals surface area (Å²) in [5, 5.41) is 9.03. The summed E-state index contributed by atoms with van der Waals surface area (Å²) in [6.07, 6.45) is 3.10. The minimum atomic E-state index is 0.662. The Bertz CT molecular complexity index is 383. The lowest BCUT2D eigenvalue weighted by atomic mass is 10.1. The van der Waals surface area contributed by atoms with Crippen molar-refractivity contribution in [2.75, 3.05) is 5.73 Å². The Hall–Kier alpha value is -1.43. The lowest BCUT2D eigenvalue weighted by Gasteiger charge is -2.11. The number of hydrogen-bond acceptors (Lipinski definition) is 2.